The Morgan fingerprint density at radius 1 is 1.28 bits per heavy atom. The topological polar surface area (TPSA) is 101 Å². The van der Waals surface area contributed by atoms with Gasteiger partial charge in [-0.3, -0.25) is 14.7 Å². The number of benzene rings is 1. The van der Waals surface area contributed by atoms with Crippen LogP contribution in [0.1, 0.15) is 55.4 Å². The molecule has 1 unspecified atom stereocenters. The minimum absolute atomic E-state index is 0.102. The van der Waals surface area contributed by atoms with Crippen LogP contribution in [0.3, 0.4) is 0 Å². The largest absolute Gasteiger partial charge is 0.491 e. The van der Waals surface area contributed by atoms with Crippen molar-refractivity contribution in [3.8, 4) is 5.75 Å². The van der Waals surface area contributed by atoms with E-state index in [0.717, 1.165) is 42.0 Å². The van der Waals surface area contributed by atoms with E-state index in [1.165, 1.54) is 0 Å². The van der Waals surface area contributed by atoms with Crippen LogP contribution < -0.4 is 15.4 Å². The third kappa shape index (κ3) is 4.60. The molecule has 4 rings (SSSR count). The first-order valence-corrected chi connectivity index (χ1v) is 10.0. The number of hydrogen-bond acceptors (Lipinski definition) is 4. The number of aromatic amines is 1. The number of nitrogens with one attached hydrogen (secondary N) is 1. The molecule has 2 aromatic rings. The monoisotopic (exact) mass is 398 g/mol. The van der Waals surface area contributed by atoms with Crippen LogP contribution in [0, 0.1) is 11.3 Å². The Labute approximate surface area is 171 Å². The van der Waals surface area contributed by atoms with Gasteiger partial charge in [0.05, 0.1) is 18.7 Å². The van der Waals surface area contributed by atoms with E-state index in [1.807, 2.05) is 24.3 Å². The highest BCUT2D eigenvalue weighted by atomic mass is 16.5. The van der Waals surface area contributed by atoms with Crippen molar-refractivity contribution in [2.24, 2.45) is 17.1 Å². The Morgan fingerprint density at radius 3 is 2.69 bits per heavy atom. The summed E-state index contributed by atoms with van der Waals surface area (Å²) >= 11 is 0. The molecule has 7 heteroatoms. The highest BCUT2D eigenvalue weighted by molar-refractivity contribution is 5.95. The van der Waals surface area contributed by atoms with Crippen molar-refractivity contribution < 1.29 is 14.3 Å². The van der Waals surface area contributed by atoms with Crippen LogP contribution in [-0.4, -0.2) is 35.7 Å². The number of fused-ring (bicyclic) bond motifs is 2. The fourth-order valence-corrected chi connectivity index (χ4v) is 3.84. The molecule has 0 bridgehead atoms. The number of carbonyl (C=O) groups excluding carboxylic acids is 2. The Morgan fingerprint density at radius 2 is 2.00 bits per heavy atom. The zero-order valence-electron chi connectivity index (χ0n) is 17.6. The summed E-state index contributed by atoms with van der Waals surface area (Å²) in [6.07, 6.45) is 3.48. The van der Waals surface area contributed by atoms with Crippen molar-refractivity contribution in [1.82, 2.24) is 10.2 Å². The minimum Gasteiger partial charge on any atom is -0.491 e. The summed E-state index contributed by atoms with van der Waals surface area (Å²) < 4.78 is 5.43. The summed E-state index contributed by atoms with van der Waals surface area (Å²) in [4.78, 5) is 24.3. The first-order chi connectivity index (χ1) is 13.7. The van der Waals surface area contributed by atoms with Crippen LogP contribution in [0.15, 0.2) is 24.3 Å². The van der Waals surface area contributed by atoms with E-state index in [-0.39, 0.29) is 11.3 Å². The maximum absolute atomic E-state index is 11.4. The van der Waals surface area contributed by atoms with Gasteiger partial charge in [0, 0.05) is 18.3 Å². The third-order valence-corrected chi connectivity index (χ3v) is 5.78. The van der Waals surface area contributed by atoms with E-state index in [0.29, 0.717) is 24.6 Å². The Balaban J connectivity index is 0.000000169. The predicted octanol–water partition coefficient (Wildman–Crippen LogP) is 3.09. The summed E-state index contributed by atoms with van der Waals surface area (Å²) in [6.45, 7) is 7.20. The van der Waals surface area contributed by atoms with Gasteiger partial charge in [-0.05, 0) is 42.7 Å². The van der Waals surface area contributed by atoms with Gasteiger partial charge in [-0.1, -0.05) is 32.9 Å². The number of aromatic nitrogens is 2. The number of ether oxygens (including phenoxy) is 1. The zero-order chi connectivity index (χ0) is 21.2. The quantitative estimate of drug-likeness (QED) is 0.771. The van der Waals surface area contributed by atoms with Gasteiger partial charge < -0.3 is 15.4 Å². The first-order valence-electron chi connectivity index (χ1n) is 10.0. The molecule has 1 aromatic carbocycles. The van der Waals surface area contributed by atoms with Crippen LogP contribution in [-0.2, 0) is 17.6 Å². The molecular formula is C22H30N4O3. The molecule has 0 saturated heterocycles. The second-order valence-electron chi connectivity index (χ2n) is 8.72. The molecule has 1 atom stereocenters. The minimum atomic E-state index is -0.424. The van der Waals surface area contributed by atoms with Crippen molar-refractivity contribution in [2.45, 2.75) is 46.5 Å². The van der Waals surface area contributed by atoms with Crippen LogP contribution in [0.4, 0.5) is 5.69 Å². The Bertz CT molecular complexity index is 898. The predicted molar refractivity (Wildman–Crippen MR) is 112 cm³/mol. The number of hydrogen-bond donors (Lipinski definition) is 2. The lowest BCUT2D eigenvalue weighted by atomic mass is 9.71. The number of rotatable bonds is 1. The number of primary amides is 1. The third-order valence-electron chi connectivity index (χ3n) is 5.78. The van der Waals surface area contributed by atoms with Gasteiger partial charge in [0.1, 0.15) is 5.75 Å². The molecule has 29 heavy (non-hydrogen) atoms. The molecule has 0 saturated carbocycles. The molecule has 1 aliphatic heterocycles. The lowest BCUT2D eigenvalue weighted by Gasteiger charge is -2.33. The maximum Gasteiger partial charge on any atom is 0.269 e. The van der Waals surface area contributed by atoms with E-state index < -0.39 is 5.91 Å². The van der Waals surface area contributed by atoms with Crippen LogP contribution >= 0.6 is 0 Å². The lowest BCUT2D eigenvalue weighted by molar-refractivity contribution is -0.118. The number of H-pyrrole nitrogens is 1. The number of anilines is 1. The number of para-hydroxylation sites is 2. The van der Waals surface area contributed by atoms with Crippen molar-refractivity contribution in [2.75, 3.05) is 18.6 Å². The van der Waals surface area contributed by atoms with E-state index in [9.17, 15) is 9.59 Å². The van der Waals surface area contributed by atoms with Crippen molar-refractivity contribution in [1.29, 1.82) is 0 Å². The van der Waals surface area contributed by atoms with Gasteiger partial charge in [0.2, 0.25) is 5.91 Å². The number of amides is 2. The molecule has 156 valence electrons. The molecule has 0 spiro atoms. The average molecular weight is 399 g/mol. The standard InChI is InChI=1S/C12H19N3O.C10H11NO2/c1-12(2,3)7-4-5-9-8(6-7)10(11(13)16)15-14-9;1-11-8-4-2-3-5-9(8)13-7-6-10(11)12/h7H,4-6H2,1-3H3,(H2,13,16)(H,14,15);2-5H,6-7H2,1H3. The van der Waals surface area contributed by atoms with Gasteiger partial charge in [0.15, 0.2) is 5.69 Å². The smallest absolute Gasteiger partial charge is 0.269 e. The fourth-order valence-electron chi connectivity index (χ4n) is 3.84. The summed E-state index contributed by atoms with van der Waals surface area (Å²) in [5.74, 6) is 1.06. The maximum atomic E-state index is 11.4. The normalized spacial score (nSPS) is 18.6. The second-order valence-corrected chi connectivity index (χ2v) is 8.72. The van der Waals surface area contributed by atoms with E-state index >= 15 is 0 Å². The second kappa shape index (κ2) is 8.27. The summed E-state index contributed by atoms with van der Waals surface area (Å²) in [7, 11) is 1.77. The van der Waals surface area contributed by atoms with Gasteiger partial charge in [-0.2, -0.15) is 5.10 Å². The van der Waals surface area contributed by atoms with E-state index in [4.69, 9.17) is 10.5 Å². The number of carbonyl (C=O) groups is 2. The average Bonchev–Trinajstić information content (AvgIpc) is 3.05. The molecule has 1 aliphatic carbocycles. The molecule has 3 N–H and O–H groups in total. The SMILES string of the molecule is CC(C)(C)C1CCc2[nH]nc(C(N)=O)c2C1.CN1C(=O)CCOc2ccccc21. The fraction of sp³-hybridized carbons (Fsp3) is 0.500. The first kappa shape index (κ1) is 20.9. The van der Waals surface area contributed by atoms with Gasteiger partial charge in [-0.25, -0.2) is 0 Å². The van der Waals surface area contributed by atoms with Gasteiger partial charge in [0.25, 0.3) is 5.91 Å². The zero-order valence-corrected chi connectivity index (χ0v) is 17.6. The number of nitrogens with two attached hydrogens (primary N) is 1. The molecular weight excluding hydrogens is 368 g/mol. The van der Waals surface area contributed by atoms with Crippen molar-refractivity contribution >= 4 is 17.5 Å². The van der Waals surface area contributed by atoms with Crippen LogP contribution in [0.5, 0.6) is 5.75 Å². The molecule has 0 radical (unpaired) electrons. The van der Waals surface area contributed by atoms with E-state index in [1.54, 1.807) is 11.9 Å². The summed E-state index contributed by atoms with van der Waals surface area (Å²) in [5.41, 5.74) is 9.00. The highest BCUT2D eigenvalue weighted by Gasteiger charge is 2.32. The van der Waals surface area contributed by atoms with Crippen molar-refractivity contribution in [3.05, 3.63) is 41.2 Å². The van der Waals surface area contributed by atoms with Crippen LogP contribution in [0.2, 0.25) is 0 Å². The Kier molecular flexibility index (Phi) is 5.96. The molecule has 0 fully saturated rings. The van der Waals surface area contributed by atoms with Crippen LogP contribution in [0.25, 0.3) is 0 Å². The summed E-state index contributed by atoms with van der Waals surface area (Å²) in [6, 6.07) is 7.57. The van der Waals surface area contributed by atoms with Gasteiger partial charge in [-0.15, -0.1) is 0 Å². The molecule has 2 amide bonds. The number of nitrogens with zero attached hydrogens (tertiary/aromatic N) is 2. The number of aryl methyl sites for hydroxylation is 1. The lowest BCUT2D eigenvalue weighted by Crippen LogP contribution is -2.28. The summed E-state index contributed by atoms with van der Waals surface area (Å²) in [5, 5.41) is 6.94. The van der Waals surface area contributed by atoms with Crippen molar-refractivity contribution in [3.63, 3.8) is 0 Å². The molecule has 1 aromatic heterocycles. The molecule has 2 heterocycles. The van der Waals surface area contributed by atoms with Gasteiger partial charge >= 0.3 is 0 Å². The molecule has 2 aliphatic rings. The Hall–Kier alpha value is -2.83. The van der Waals surface area contributed by atoms with E-state index in [2.05, 4.69) is 31.0 Å². The molecule has 7 nitrogen and oxygen atoms in total. The highest BCUT2D eigenvalue weighted by Crippen LogP contribution is 2.37.